The van der Waals surface area contributed by atoms with Crippen LogP contribution in [0.4, 0.5) is 0 Å². The number of nitrogens with one attached hydrogen (secondary N) is 2. The molecule has 3 rings (SSSR count). The third-order valence-corrected chi connectivity index (χ3v) is 4.25. The largest absolute Gasteiger partial charge is 0.489 e. The van der Waals surface area contributed by atoms with E-state index in [1.165, 1.54) is 0 Å². The Morgan fingerprint density at radius 1 is 1.44 bits per heavy atom. The highest BCUT2D eigenvalue weighted by molar-refractivity contribution is 5.97. The van der Waals surface area contributed by atoms with Crippen molar-refractivity contribution in [3.63, 3.8) is 0 Å². The van der Waals surface area contributed by atoms with Crippen LogP contribution in [0.3, 0.4) is 0 Å². The molecule has 1 unspecified atom stereocenters. The summed E-state index contributed by atoms with van der Waals surface area (Å²) in [6, 6.07) is 6.40. The number of amides is 2. The van der Waals surface area contributed by atoms with Crippen LogP contribution in [0.2, 0.25) is 0 Å². The highest BCUT2D eigenvalue weighted by Crippen LogP contribution is 2.18. The molecule has 1 aromatic carbocycles. The van der Waals surface area contributed by atoms with Crippen molar-refractivity contribution in [1.82, 2.24) is 15.8 Å². The van der Waals surface area contributed by atoms with Crippen LogP contribution in [0, 0.1) is 13.8 Å². The molecular formula is C18H21N3O4. The lowest BCUT2D eigenvalue weighted by molar-refractivity contribution is -0.124. The Hall–Kier alpha value is -2.83. The van der Waals surface area contributed by atoms with Crippen molar-refractivity contribution in [2.45, 2.75) is 39.3 Å². The molecular weight excluding hydrogens is 322 g/mol. The van der Waals surface area contributed by atoms with Crippen LogP contribution in [-0.4, -0.2) is 29.6 Å². The van der Waals surface area contributed by atoms with Crippen molar-refractivity contribution >= 4 is 11.8 Å². The van der Waals surface area contributed by atoms with Gasteiger partial charge in [0.25, 0.3) is 5.91 Å². The first kappa shape index (κ1) is 17.0. The Labute approximate surface area is 145 Å². The minimum absolute atomic E-state index is 0.134. The summed E-state index contributed by atoms with van der Waals surface area (Å²) in [6.07, 6.45) is 1.51. The Balaban J connectivity index is 1.64. The smallest absolute Gasteiger partial charge is 0.252 e. The molecule has 2 aromatic rings. The van der Waals surface area contributed by atoms with Gasteiger partial charge in [0.05, 0.1) is 11.3 Å². The van der Waals surface area contributed by atoms with E-state index in [0.717, 1.165) is 23.4 Å². The molecule has 7 heteroatoms. The van der Waals surface area contributed by atoms with E-state index in [2.05, 4.69) is 15.8 Å². The summed E-state index contributed by atoms with van der Waals surface area (Å²) >= 11 is 0. The summed E-state index contributed by atoms with van der Waals surface area (Å²) in [5.74, 6) is 0.866. The minimum Gasteiger partial charge on any atom is -0.489 e. The highest BCUT2D eigenvalue weighted by Gasteiger charge is 2.24. The molecule has 1 atom stereocenters. The van der Waals surface area contributed by atoms with Crippen molar-refractivity contribution in [2.75, 3.05) is 6.54 Å². The first-order valence-corrected chi connectivity index (χ1v) is 8.28. The van der Waals surface area contributed by atoms with Gasteiger partial charge in [0.1, 0.15) is 24.2 Å². The Morgan fingerprint density at radius 3 is 3.00 bits per heavy atom. The predicted molar refractivity (Wildman–Crippen MR) is 90.2 cm³/mol. The van der Waals surface area contributed by atoms with E-state index in [-0.39, 0.29) is 11.8 Å². The lowest BCUT2D eigenvalue weighted by Gasteiger charge is -2.22. The molecule has 2 amide bonds. The zero-order chi connectivity index (χ0) is 17.8. The summed E-state index contributed by atoms with van der Waals surface area (Å²) < 4.78 is 10.9. The van der Waals surface area contributed by atoms with E-state index in [0.29, 0.717) is 30.9 Å². The van der Waals surface area contributed by atoms with Crippen LogP contribution in [0.1, 0.15) is 40.2 Å². The maximum Gasteiger partial charge on any atom is 0.252 e. The Kier molecular flexibility index (Phi) is 5.02. The molecule has 2 heterocycles. The number of carbonyl (C=O) groups is 2. The van der Waals surface area contributed by atoms with Gasteiger partial charge in [0, 0.05) is 12.1 Å². The second-order valence-corrected chi connectivity index (χ2v) is 6.08. The van der Waals surface area contributed by atoms with Crippen LogP contribution in [0.15, 0.2) is 28.8 Å². The van der Waals surface area contributed by atoms with Crippen molar-refractivity contribution in [2.24, 2.45) is 0 Å². The third kappa shape index (κ3) is 3.99. The first-order chi connectivity index (χ1) is 12.0. The van der Waals surface area contributed by atoms with E-state index in [1.54, 1.807) is 24.3 Å². The van der Waals surface area contributed by atoms with Crippen LogP contribution in [0.5, 0.6) is 5.75 Å². The number of nitrogens with zero attached hydrogens (tertiary/aromatic N) is 1. The maximum atomic E-state index is 12.4. The quantitative estimate of drug-likeness (QED) is 0.864. The fraction of sp³-hybridized carbons (Fsp3) is 0.389. The van der Waals surface area contributed by atoms with E-state index >= 15 is 0 Å². The second kappa shape index (κ2) is 7.38. The monoisotopic (exact) mass is 343 g/mol. The van der Waals surface area contributed by atoms with Crippen molar-refractivity contribution in [3.8, 4) is 5.75 Å². The summed E-state index contributed by atoms with van der Waals surface area (Å²) in [5, 5.41) is 9.41. The molecule has 1 aromatic heterocycles. The van der Waals surface area contributed by atoms with E-state index in [1.807, 2.05) is 13.8 Å². The van der Waals surface area contributed by atoms with Gasteiger partial charge in [-0.25, -0.2) is 0 Å². The molecule has 132 valence electrons. The minimum atomic E-state index is -0.479. The Morgan fingerprint density at radius 2 is 2.28 bits per heavy atom. The van der Waals surface area contributed by atoms with Crippen molar-refractivity contribution in [1.29, 1.82) is 0 Å². The van der Waals surface area contributed by atoms with E-state index < -0.39 is 6.04 Å². The second-order valence-electron chi connectivity index (χ2n) is 6.08. The molecule has 1 saturated heterocycles. The standard InChI is InChI=1S/C18H21N3O4/c1-11-15(12(2)25-21-11)10-24-14-6-3-5-13(9-14)17(22)20-16-7-4-8-19-18(16)23/h3,5-6,9,16H,4,7-8,10H2,1-2H3,(H,19,23)(H,20,22). The van der Waals surface area contributed by atoms with Crippen LogP contribution >= 0.6 is 0 Å². The molecule has 0 aliphatic carbocycles. The summed E-state index contributed by atoms with van der Waals surface area (Å²) in [4.78, 5) is 24.1. The highest BCUT2D eigenvalue weighted by atomic mass is 16.5. The molecule has 0 bridgehead atoms. The van der Waals surface area contributed by atoms with Gasteiger partial charge >= 0.3 is 0 Å². The van der Waals surface area contributed by atoms with Gasteiger partial charge < -0.3 is 19.9 Å². The van der Waals surface area contributed by atoms with Gasteiger partial charge in [-0.2, -0.15) is 0 Å². The van der Waals surface area contributed by atoms with Crippen LogP contribution in [-0.2, 0) is 11.4 Å². The average molecular weight is 343 g/mol. The number of benzene rings is 1. The predicted octanol–water partition coefficient (Wildman–Crippen LogP) is 1.88. The van der Waals surface area contributed by atoms with Crippen LogP contribution in [0.25, 0.3) is 0 Å². The molecule has 1 aliphatic rings. The molecule has 1 aliphatic heterocycles. The summed E-state index contributed by atoms with van der Waals surface area (Å²) in [6.45, 7) is 4.67. The van der Waals surface area contributed by atoms with Gasteiger partial charge in [0.2, 0.25) is 5.91 Å². The van der Waals surface area contributed by atoms with Gasteiger partial charge in [-0.1, -0.05) is 11.2 Å². The molecule has 2 N–H and O–H groups in total. The lowest BCUT2D eigenvalue weighted by Crippen LogP contribution is -2.50. The summed E-state index contributed by atoms with van der Waals surface area (Å²) in [5.41, 5.74) is 2.14. The topological polar surface area (TPSA) is 93.5 Å². The number of hydrogen-bond acceptors (Lipinski definition) is 5. The number of hydrogen-bond donors (Lipinski definition) is 2. The molecule has 0 radical (unpaired) electrons. The molecule has 25 heavy (non-hydrogen) atoms. The average Bonchev–Trinajstić information content (AvgIpc) is 2.93. The normalized spacial score (nSPS) is 17.0. The fourth-order valence-corrected chi connectivity index (χ4v) is 2.74. The number of aryl methyl sites for hydroxylation is 2. The van der Waals surface area contributed by atoms with Crippen LogP contribution < -0.4 is 15.4 Å². The molecule has 0 spiro atoms. The van der Waals surface area contributed by atoms with Gasteiger partial charge in [-0.3, -0.25) is 9.59 Å². The van der Waals surface area contributed by atoms with Gasteiger partial charge in [-0.15, -0.1) is 0 Å². The van der Waals surface area contributed by atoms with E-state index in [9.17, 15) is 9.59 Å². The molecule has 0 saturated carbocycles. The fourth-order valence-electron chi connectivity index (χ4n) is 2.74. The number of piperidine rings is 1. The molecule has 1 fully saturated rings. The van der Waals surface area contributed by atoms with Crippen molar-refractivity contribution < 1.29 is 18.8 Å². The number of ether oxygens (including phenoxy) is 1. The molecule has 7 nitrogen and oxygen atoms in total. The third-order valence-electron chi connectivity index (χ3n) is 4.25. The SMILES string of the molecule is Cc1noc(C)c1COc1cccc(C(=O)NC2CCCNC2=O)c1. The van der Waals surface area contributed by atoms with Gasteiger partial charge in [-0.05, 0) is 44.9 Å². The van der Waals surface area contributed by atoms with Crippen molar-refractivity contribution in [3.05, 3.63) is 46.8 Å². The lowest BCUT2D eigenvalue weighted by atomic mass is 10.1. The maximum absolute atomic E-state index is 12.4. The Bertz CT molecular complexity index is 765. The van der Waals surface area contributed by atoms with Gasteiger partial charge in [0.15, 0.2) is 0 Å². The number of rotatable bonds is 5. The van der Waals surface area contributed by atoms with E-state index in [4.69, 9.17) is 9.26 Å². The zero-order valence-corrected chi connectivity index (χ0v) is 14.3. The number of carbonyl (C=O) groups excluding carboxylic acids is 2. The number of aromatic nitrogens is 1. The summed E-state index contributed by atoms with van der Waals surface area (Å²) in [7, 11) is 0. The zero-order valence-electron chi connectivity index (χ0n) is 14.3. The first-order valence-electron chi connectivity index (χ1n) is 8.28.